The zero-order valence-corrected chi connectivity index (χ0v) is 13.1. The molecule has 6 heteroatoms. The Kier molecular flexibility index (Phi) is 7.99. The quantitative estimate of drug-likeness (QED) is 0.812. The van der Waals surface area contributed by atoms with Gasteiger partial charge in [-0.15, -0.1) is 24.2 Å². The highest BCUT2D eigenvalue weighted by Crippen LogP contribution is 2.21. The molecule has 0 spiro atoms. The van der Waals surface area contributed by atoms with Crippen LogP contribution >= 0.6 is 24.2 Å². The predicted molar refractivity (Wildman–Crippen MR) is 84.6 cm³/mol. The zero-order valence-electron chi connectivity index (χ0n) is 11.5. The van der Waals surface area contributed by atoms with Gasteiger partial charge in [-0.05, 0) is 12.1 Å². The summed E-state index contributed by atoms with van der Waals surface area (Å²) < 4.78 is 5.28. The lowest BCUT2D eigenvalue weighted by Crippen LogP contribution is -2.51. The number of hydrogen-bond acceptors (Lipinski definition) is 4. The molecule has 1 aromatic carbocycles. The van der Waals surface area contributed by atoms with Gasteiger partial charge in [-0.1, -0.05) is 25.1 Å². The number of amides is 1. The summed E-state index contributed by atoms with van der Waals surface area (Å²) in [5, 5.41) is 6.46. The highest BCUT2D eigenvalue weighted by Gasteiger charge is 2.21. The summed E-state index contributed by atoms with van der Waals surface area (Å²) in [4.78, 5) is 13.1. The SMILES string of the molecule is CC(CNC(=O)C1COCCN1)Sc1ccccc1.Cl. The Bertz CT molecular complexity index is 399. The Morgan fingerprint density at radius 3 is 2.90 bits per heavy atom. The molecule has 2 rings (SSSR count). The van der Waals surface area contributed by atoms with E-state index in [1.807, 2.05) is 18.2 Å². The minimum atomic E-state index is -0.206. The summed E-state index contributed by atoms with van der Waals surface area (Å²) in [6.07, 6.45) is 0. The molecule has 0 aromatic heterocycles. The Balaban J connectivity index is 0.00000200. The van der Waals surface area contributed by atoms with E-state index < -0.39 is 0 Å². The number of morpholine rings is 1. The number of thioether (sulfide) groups is 1. The molecular weight excluding hydrogens is 296 g/mol. The van der Waals surface area contributed by atoms with Crippen LogP contribution in [0.1, 0.15) is 6.92 Å². The van der Waals surface area contributed by atoms with Crippen molar-refractivity contribution in [3.63, 3.8) is 0 Å². The molecule has 1 aliphatic heterocycles. The standard InChI is InChI=1S/C14H20N2O2S.ClH/c1-11(19-12-5-3-2-4-6-12)9-16-14(17)13-10-18-8-7-15-13;/h2-6,11,13,15H,7-10H2,1H3,(H,16,17);1H. The molecule has 1 aromatic rings. The van der Waals surface area contributed by atoms with Crippen molar-refractivity contribution in [3.8, 4) is 0 Å². The van der Waals surface area contributed by atoms with E-state index in [2.05, 4.69) is 29.7 Å². The van der Waals surface area contributed by atoms with Gasteiger partial charge in [-0.2, -0.15) is 0 Å². The number of ether oxygens (including phenoxy) is 1. The van der Waals surface area contributed by atoms with Crippen LogP contribution in [0.3, 0.4) is 0 Å². The molecular formula is C14H21ClN2O2S. The molecule has 1 heterocycles. The molecule has 0 radical (unpaired) electrons. The van der Waals surface area contributed by atoms with Crippen molar-refractivity contribution in [1.29, 1.82) is 0 Å². The van der Waals surface area contributed by atoms with Gasteiger partial charge in [0.2, 0.25) is 5.91 Å². The van der Waals surface area contributed by atoms with Crippen LogP contribution < -0.4 is 10.6 Å². The van der Waals surface area contributed by atoms with E-state index in [-0.39, 0.29) is 24.4 Å². The number of carbonyl (C=O) groups is 1. The molecule has 2 atom stereocenters. The summed E-state index contributed by atoms with van der Waals surface area (Å²) in [6.45, 7) is 4.67. The van der Waals surface area contributed by atoms with Crippen LogP contribution in [0.4, 0.5) is 0 Å². The minimum Gasteiger partial charge on any atom is -0.378 e. The van der Waals surface area contributed by atoms with Gasteiger partial charge in [-0.3, -0.25) is 4.79 Å². The van der Waals surface area contributed by atoms with Crippen molar-refractivity contribution in [2.45, 2.75) is 23.1 Å². The van der Waals surface area contributed by atoms with Gasteiger partial charge in [0, 0.05) is 23.2 Å². The van der Waals surface area contributed by atoms with Crippen molar-refractivity contribution >= 4 is 30.1 Å². The van der Waals surface area contributed by atoms with Gasteiger partial charge in [-0.25, -0.2) is 0 Å². The first kappa shape index (κ1) is 17.3. The minimum absolute atomic E-state index is 0. The number of hydrogen-bond donors (Lipinski definition) is 2. The van der Waals surface area contributed by atoms with E-state index in [1.165, 1.54) is 4.90 Å². The summed E-state index contributed by atoms with van der Waals surface area (Å²) in [5.74, 6) is 0.0280. The molecule has 1 saturated heterocycles. The van der Waals surface area contributed by atoms with Crippen molar-refractivity contribution < 1.29 is 9.53 Å². The maximum Gasteiger partial charge on any atom is 0.239 e. The van der Waals surface area contributed by atoms with Crippen LogP contribution in [0.15, 0.2) is 35.2 Å². The van der Waals surface area contributed by atoms with Gasteiger partial charge in [0.05, 0.1) is 13.2 Å². The van der Waals surface area contributed by atoms with Crippen molar-refractivity contribution in [2.24, 2.45) is 0 Å². The van der Waals surface area contributed by atoms with Crippen LogP contribution in [-0.4, -0.2) is 43.5 Å². The van der Waals surface area contributed by atoms with E-state index >= 15 is 0 Å². The topological polar surface area (TPSA) is 50.4 Å². The normalized spacial score (nSPS) is 19.8. The second kappa shape index (κ2) is 9.23. The highest BCUT2D eigenvalue weighted by molar-refractivity contribution is 8.00. The first-order valence-electron chi connectivity index (χ1n) is 6.56. The lowest BCUT2D eigenvalue weighted by atomic mass is 10.2. The molecule has 2 unspecified atom stereocenters. The van der Waals surface area contributed by atoms with Crippen molar-refractivity contribution in [2.75, 3.05) is 26.3 Å². The molecule has 2 N–H and O–H groups in total. The largest absolute Gasteiger partial charge is 0.378 e. The Labute approximate surface area is 130 Å². The Hall–Kier alpha value is -0.750. The highest BCUT2D eigenvalue weighted by atomic mass is 35.5. The van der Waals surface area contributed by atoms with Crippen LogP contribution in [0, 0.1) is 0 Å². The summed E-state index contributed by atoms with van der Waals surface area (Å²) in [6, 6.07) is 10.0. The number of benzene rings is 1. The molecule has 112 valence electrons. The summed E-state index contributed by atoms with van der Waals surface area (Å²) >= 11 is 1.77. The molecule has 0 bridgehead atoms. The second-order valence-electron chi connectivity index (χ2n) is 4.57. The summed E-state index contributed by atoms with van der Waals surface area (Å²) in [5.41, 5.74) is 0. The molecule has 0 saturated carbocycles. The van der Waals surface area contributed by atoms with E-state index in [0.29, 0.717) is 25.0 Å². The first-order valence-corrected chi connectivity index (χ1v) is 7.44. The van der Waals surface area contributed by atoms with E-state index in [4.69, 9.17) is 4.74 Å². The van der Waals surface area contributed by atoms with Crippen molar-refractivity contribution in [1.82, 2.24) is 10.6 Å². The van der Waals surface area contributed by atoms with Crippen LogP contribution in [0.5, 0.6) is 0 Å². The van der Waals surface area contributed by atoms with Gasteiger partial charge < -0.3 is 15.4 Å². The Morgan fingerprint density at radius 2 is 2.25 bits per heavy atom. The van der Waals surface area contributed by atoms with E-state index in [1.54, 1.807) is 11.8 Å². The fourth-order valence-electron chi connectivity index (χ4n) is 1.87. The molecule has 4 nitrogen and oxygen atoms in total. The van der Waals surface area contributed by atoms with Crippen LogP contribution in [0.25, 0.3) is 0 Å². The average Bonchev–Trinajstić information content (AvgIpc) is 2.47. The number of carbonyl (C=O) groups excluding carboxylic acids is 1. The third-order valence-corrected chi connectivity index (χ3v) is 4.00. The monoisotopic (exact) mass is 316 g/mol. The lowest BCUT2D eigenvalue weighted by molar-refractivity contribution is -0.125. The van der Waals surface area contributed by atoms with Gasteiger partial charge in [0.1, 0.15) is 6.04 Å². The van der Waals surface area contributed by atoms with Gasteiger partial charge in [0.15, 0.2) is 0 Å². The second-order valence-corrected chi connectivity index (χ2v) is 6.08. The van der Waals surface area contributed by atoms with E-state index in [9.17, 15) is 4.79 Å². The molecule has 0 aliphatic carbocycles. The molecule has 1 amide bonds. The van der Waals surface area contributed by atoms with E-state index in [0.717, 1.165) is 6.54 Å². The molecule has 20 heavy (non-hydrogen) atoms. The maximum absolute atomic E-state index is 11.9. The predicted octanol–water partition coefficient (Wildman–Crippen LogP) is 1.69. The number of rotatable bonds is 5. The summed E-state index contributed by atoms with van der Waals surface area (Å²) in [7, 11) is 0. The van der Waals surface area contributed by atoms with Gasteiger partial charge >= 0.3 is 0 Å². The number of halogens is 1. The third kappa shape index (κ3) is 5.71. The van der Waals surface area contributed by atoms with Crippen LogP contribution in [0.2, 0.25) is 0 Å². The van der Waals surface area contributed by atoms with Crippen LogP contribution in [-0.2, 0) is 9.53 Å². The fraction of sp³-hybridized carbons (Fsp3) is 0.500. The molecule has 1 fully saturated rings. The molecule has 1 aliphatic rings. The zero-order chi connectivity index (χ0) is 13.5. The van der Waals surface area contributed by atoms with Crippen molar-refractivity contribution in [3.05, 3.63) is 30.3 Å². The lowest BCUT2D eigenvalue weighted by Gasteiger charge is -2.23. The average molecular weight is 317 g/mol. The third-order valence-electron chi connectivity index (χ3n) is 2.88. The first-order chi connectivity index (χ1) is 9.25. The maximum atomic E-state index is 11.9. The number of nitrogens with one attached hydrogen (secondary N) is 2. The smallest absolute Gasteiger partial charge is 0.239 e. The Morgan fingerprint density at radius 1 is 1.50 bits per heavy atom. The van der Waals surface area contributed by atoms with Gasteiger partial charge in [0.25, 0.3) is 0 Å². The fourth-order valence-corrected chi connectivity index (χ4v) is 2.82.